The van der Waals surface area contributed by atoms with Crippen LogP contribution in [-0.2, 0) is 28.8 Å². The third-order valence-corrected chi connectivity index (χ3v) is 6.92. The summed E-state index contributed by atoms with van der Waals surface area (Å²) in [4.78, 5) is 26.8. The van der Waals surface area contributed by atoms with Gasteiger partial charge in [-0.25, -0.2) is 9.97 Å². The van der Waals surface area contributed by atoms with Crippen molar-refractivity contribution in [2.24, 2.45) is 0 Å². The Morgan fingerprint density at radius 1 is 1.17 bits per heavy atom. The van der Waals surface area contributed by atoms with Gasteiger partial charge in [-0.3, -0.25) is 4.79 Å². The smallest absolute Gasteiger partial charge is 0.245 e. The zero-order valence-corrected chi connectivity index (χ0v) is 17.1. The highest BCUT2D eigenvalue weighted by molar-refractivity contribution is 7.19. The Labute approximate surface area is 173 Å². The quantitative estimate of drug-likeness (QED) is 0.703. The molecule has 1 aromatic carbocycles. The standard InChI is InChI=1S/C22H24N4O2S/c27-22(26-9-11-28-12-10-26)17(13-15-5-2-1-3-6-15)25-20-19-16-7-4-8-18(16)29-21(19)24-14-23-20/h1-3,5-6,14,17H,4,7-13H2,(H,23,24,25). The Morgan fingerprint density at radius 2 is 2.00 bits per heavy atom. The number of carbonyl (C=O) groups excluding carboxylic acids is 1. The summed E-state index contributed by atoms with van der Waals surface area (Å²) in [5.41, 5.74) is 2.50. The SMILES string of the molecule is O=C(C(Cc1ccccc1)Nc1ncnc2sc3c(c12)CCC3)N1CCOCC1. The maximum absolute atomic E-state index is 13.4. The number of rotatable bonds is 5. The number of nitrogens with zero attached hydrogens (tertiary/aromatic N) is 3. The highest BCUT2D eigenvalue weighted by atomic mass is 32.1. The van der Waals surface area contributed by atoms with Crippen LogP contribution >= 0.6 is 11.3 Å². The Morgan fingerprint density at radius 3 is 2.83 bits per heavy atom. The number of fused-ring (bicyclic) bond motifs is 3. The van der Waals surface area contributed by atoms with Gasteiger partial charge in [0.25, 0.3) is 0 Å². The molecule has 1 saturated heterocycles. The number of hydrogen-bond acceptors (Lipinski definition) is 6. The normalized spacial score (nSPS) is 17.3. The van der Waals surface area contributed by atoms with E-state index in [1.54, 1.807) is 17.7 Å². The predicted molar refractivity (Wildman–Crippen MR) is 114 cm³/mol. The lowest BCUT2D eigenvalue weighted by atomic mass is 10.0. The molecule has 1 aliphatic heterocycles. The van der Waals surface area contributed by atoms with Crippen molar-refractivity contribution in [1.82, 2.24) is 14.9 Å². The lowest BCUT2D eigenvalue weighted by molar-refractivity contribution is -0.136. The number of ether oxygens (including phenoxy) is 1. The van der Waals surface area contributed by atoms with E-state index in [0.717, 1.165) is 34.4 Å². The van der Waals surface area contributed by atoms with Gasteiger partial charge in [-0.2, -0.15) is 0 Å². The van der Waals surface area contributed by atoms with Crippen LogP contribution in [0.15, 0.2) is 36.7 Å². The number of morpholine rings is 1. The van der Waals surface area contributed by atoms with Gasteiger partial charge < -0.3 is 15.0 Å². The summed E-state index contributed by atoms with van der Waals surface area (Å²) in [5, 5.41) is 4.62. The summed E-state index contributed by atoms with van der Waals surface area (Å²) in [7, 11) is 0. The number of aromatic nitrogens is 2. The average Bonchev–Trinajstić information content (AvgIpc) is 3.36. The second kappa shape index (κ2) is 8.08. The van der Waals surface area contributed by atoms with Gasteiger partial charge in [0.15, 0.2) is 0 Å². The van der Waals surface area contributed by atoms with E-state index in [-0.39, 0.29) is 11.9 Å². The zero-order chi connectivity index (χ0) is 19.6. The fourth-order valence-electron chi connectivity index (χ4n) is 4.26. The lowest BCUT2D eigenvalue weighted by Crippen LogP contribution is -2.48. The van der Waals surface area contributed by atoms with Crippen molar-refractivity contribution in [3.8, 4) is 0 Å². The second-order valence-corrected chi connectivity index (χ2v) is 8.67. The third kappa shape index (κ3) is 3.72. The van der Waals surface area contributed by atoms with E-state index in [0.29, 0.717) is 32.7 Å². The van der Waals surface area contributed by atoms with Crippen molar-refractivity contribution in [3.05, 3.63) is 52.7 Å². The minimum atomic E-state index is -0.370. The minimum absolute atomic E-state index is 0.107. The first kappa shape index (κ1) is 18.5. The van der Waals surface area contributed by atoms with Gasteiger partial charge in [0.1, 0.15) is 23.0 Å². The van der Waals surface area contributed by atoms with Gasteiger partial charge in [-0.1, -0.05) is 30.3 Å². The van der Waals surface area contributed by atoms with Crippen LogP contribution in [0.3, 0.4) is 0 Å². The molecular formula is C22H24N4O2S. The molecule has 1 amide bonds. The Kier molecular flexibility index (Phi) is 5.16. The summed E-state index contributed by atoms with van der Waals surface area (Å²) in [6, 6.07) is 9.79. The van der Waals surface area contributed by atoms with E-state index in [4.69, 9.17) is 4.74 Å². The molecule has 0 saturated carbocycles. The topological polar surface area (TPSA) is 67.4 Å². The monoisotopic (exact) mass is 408 g/mol. The second-order valence-electron chi connectivity index (χ2n) is 7.58. The fraction of sp³-hybridized carbons (Fsp3) is 0.409. The minimum Gasteiger partial charge on any atom is -0.378 e. The number of thiophene rings is 1. The van der Waals surface area contributed by atoms with Crippen LogP contribution in [0, 0.1) is 0 Å². The number of hydrogen-bond donors (Lipinski definition) is 1. The first-order valence-electron chi connectivity index (χ1n) is 10.2. The van der Waals surface area contributed by atoms with E-state index in [1.807, 2.05) is 23.1 Å². The molecular weight excluding hydrogens is 384 g/mol. The Balaban J connectivity index is 1.48. The summed E-state index contributed by atoms with van der Waals surface area (Å²) in [6.45, 7) is 2.47. The molecule has 0 bridgehead atoms. The van der Waals surface area contributed by atoms with Gasteiger partial charge in [-0.05, 0) is 30.4 Å². The maximum Gasteiger partial charge on any atom is 0.245 e. The molecule has 0 radical (unpaired) electrons. The number of carbonyl (C=O) groups is 1. The molecule has 5 rings (SSSR count). The van der Waals surface area contributed by atoms with Crippen molar-refractivity contribution in [2.45, 2.75) is 31.7 Å². The summed E-state index contributed by atoms with van der Waals surface area (Å²) in [6.07, 6.45) is 5.60. The van der Waals surface area contributed by atoms with Crippen molar-refractivity contribution in [1.29, 1.82) is 0 Å². The first-order valence-corrected chi connectivity index (χ1v) is 11.0. The van der Waals surface area contributed by atoms with Gasteiger partial charge in [0, 0.05) is 24.4 Å². The van der Waals surface area contributed by atoms with Gasteiger partial charge in [0.2, 0.25) is 5.91 Å². The van der Waals surface area contributed by atoms with Gasteiger partial charge in [-0.15, -0.1) is 11.3 Å². The van der Waals surface area contributed by atoms with Crippen LogP contribution < -0.4 is 5.32 Å². The van der Waals surface area contributed by atoms with Crippen LogP contribution in [0.2, 0.25) is 0 Å². The van der Waals surface area contributed by atoms with Crippen molar-refractivity contribution < 1.29 is 9.53 Å². The third-order valence-electron chi connectivity index (χ3n) is 5.72. The highest BCUT2D eigenvalue weighted by Crippen LogP contribution is 2.39. The molecule has 2 aliphatic rings. The molecule has 7 heteroatoms. The van der Waals surface area contributed by atoms with E-state index in [2.05, 4.69) is 27.4 Å². The molecule has 1 fully saturated rings. The molecule has 6 nitrogen and oxygen atoms in total. The van der Waals surface area contributed by atoms with Gasteiger partial charge >= 0.3 is 0 Å². The van der Waals surface area contributed by atoms with Crippen LogP contribution in [-0.4, -0.2) is 53.1 Å². The van der Waals surface area contributed by atoms with Crippen LogP contribution in [0.4, 0.5) is 5.82 Å². The largest absolute Gasteiger partial charge is 0.378 e. The zero-order valence-electron chi connectivity index (χ0n) is 16.3. The predicted octanol–water partition coefficient (Wildman–Crippen LogP) is 3.06. The number of aryl methyl sites for hydroxylation is 2. The molecule has 2 aromatic heterocycles. The molecule has 0 spiro atoms. The van der Waals surface area contributed by atoms with E-state index < -0.39 is 0 Å². The molecule has 1 N–H and O–H groups in total. The van der Waals surface area contributed by atoms with E-state index in [1.165, 1.54) is 16.9 Å². The number of benzene rings is 1. The molecule has 3 aromatic rings. The fourth-order valence-corrected chi connectivity index (χ4v) is 5.49. The summed E-state index contributed by atoms with van der Waals surface area (Å²) >= 11 is 1.77. The van der Waals surface area contributed by atoms with Gasteiger partial charge in [0.05, 0.1) is 18.6 Å². The van der Waals surface area contributed by atoms with Crippen molar-refractivity contribution in [3.63, 3.8) is 0 Å². The van der Waals surface area contributed by atoms with Crippen LogP contribution in [0.5, 0.6) is 0 Å². The molecule has 1 unspecified atom stereocenters. The number of amides is 1. The molecule has 29 heavy (non-hydrogen) atoms. The molecule has 1 aliphatic carbocycles. The molecule has 3 heterocycles. The van der Waals surface area contributed by atoms with Crippen molar-refractivity contribution >= 4 is 33.3 Å². The highest BCUT2D eigenvalue weighted by Gasteiger charge is 2.28. The Hall–Kier alpha value is -2.51. The molecule has 150 valence electrons. The van der Waals surface area contributed by atoms with E-state index in [9.17, 15) is 4.79 Å². The summed E-state index contributed by atoms with van der Waals surface area (Å²) < 4.78 is 5.43. The maximum atomic E-state index is 13.4. The van der Waals surface area contributed by atoms with Crippen molar-refractivity contribution in [2.75, 3.05) is 31.6 Å². The van der Waals surface area contributed by atoms with Crippen LogP contribution in [0.25, 0.3) is 10.2 Å². The number of nitrogens with one attached hydrogen (secondary N) is 1. The first-order chi connectivity index (χ1) is 14.3. The lowest BCUT2D eigenvalue weighted by Gasteiger charge is -2.31. The summed E-state index contributed by atoms with van der Waals surface area (Å²) in [5.74, 6) is 0.896. The number of anilines is 1. The van der Waals surface area contributed by atoms with E-state index >= 15 is 0 Å². The van der Waals surface area contributed by atoms with Crippen LogP contribution in [0.1, 0.15) is 22.4 Å². The Bertz CT molecular complexity index is 1010. The average molecular weight is 409 g/mol. The molecule has 1 atom stereocenters.